The average Bonchev–Trinajstić information content (AvgIpc) is 2.29. The summed E-state index contributed by atoms with van der Waals surface area (Å²) in [5.41, 5.74) is 0.0703. The van der Waals surface area contributed by atoms with Gasteiger partial charge in [0.05, 0.1) is 5.56 Å². The number of anilines is 1. The van der Waals surface area contributed by atoms with Crippen molar-refractivity contribution in [2.24, 2.45) is 0 Å². The van der Waals surface area contributed by atoms with E-state index in [9.17, 15) is 4.79 Å². The monoisotopic (exact) mass is 219 g/mol. The van der Waals surface area contributed by atoms with Crippen LogP contribution in [0.25, 0.3) is 0 Å². The highest BCUT2D eigenvalue weighted by Crippen LogP contribution is 2.07. The van der Waals surface area contributed by atoms with Crippen LogP contribution in [0.3, 0.4) is 0 Å². The molecule has 0 atom stereocenters. The zero-order valence-corrected chi connectivity index (χ0v) is 8.83. The minimum Gasteiger partial charge on any atom is -0.478 e. The molecule has 1 aromatic rings. The van der Waals surface area contributed by atoms with Crippen LogP contribution in [0.1, 0.15) is 10.4 Å². The molecule has 84 valence electrons. The molecule has 1 aromatic heterocycles. The van der Waals surface area contributed by atoms with E-state index in [-0.39, 0.29) is 5.56 Å². The normalized spacial score (nSPS) is 9.50. The zero-order chi connectivity index (χ0) is 12.0. The van der Waals surface area contributed by atoms with Crippen molar-refractivity contribution in [1.82, 2.24) is 9.97 Å². The summed E-state index contributed by atoms with van der Waals surface area (Å²) in [4.78, 5) is 20.4. The quantitative estimate of drug-likeness (QED) is 0.731. The van der Waals surface area contributed by atoms with E-state index in [1.807, 2.05) is 4.90 Å². The topological polar surface area (TPSA) is 66.3 Å². The van der Waals surface area contributed by atoms with E-state index in [1.54, 1.807) is 12.2 Å². The fraction of sp³-hybridized carbons (Fsp3) is 0.182. The molecular weight excluding hydrogens is 206 g/mol. The lowest BCUT2D eigenvalue weighted by Gasteiger charge is -2.18. The van der Waals surface area contributed by atoms with Crippen molar-refractivity contribution < 1.29 is 9.90 Å². The Morgan fingerprint density at radius 3 is 2.19 bits per heavy atom. The molecule has 0 aliphatic heterocycles. The van der Waals surface area contributed by atoms with Crippen LogP contribution in [0.4, 0.5) is 5.95 Å². The fourth-order valence-electron chi connectivity index (χ4n) is 1.14. The Bertz CT molecular complexity index is 377. The molecule has 0 spiro atoms. The van der Waals surface area contributed by atoms with Crippen molar-refractivity contribution in [3.8, 4) is 0 Å². The van der Waals surface area contributed by atoms with E-state index in [2.05, 4.69) is 23.1 Å². The highest BCUT2D eigenvalue weighted by molar-refractivity contribution is 5.86. The molecule has 0 unspecified atom stereocenters. The lowest BCUT2D eigenvalue weighted by molar-refractivity contribution is 0.0696. The van der Waals surface area contributed by atoms with Crippen LogP contribution in [0, 0.1) is 0 Å². The summed E-state index contributed by atoms with van der Waals surface area (Å²) in [6.45, 7) is 8.42. The van der Waals surface area contributed by atoms with Gasteiger partial charge >= 0.3 is 5.97 Å². The first-order chi connectivity index (χ1) is 7.69. The summed E-state index contributed by atoms with van der Waals surface area (Å²) in [7, 11) is 0. The van der Waals surface area contributed by atoms with Crippen molar-refractivity contribution in [3.63, 3.8) is 0 Å². The first kappa shape index (κ1) is 11.9. The maximum absolute atomic E-state index is 10.6. The lowest BCUT2D eigenvalue weighted by atomic mass is 10.3. The third-order valence-electron chi connectivity index (χ3n) is 1.87. The number of rotatable bonds is 6. The van der Waals surface area contributed by atoms with Gasteiger partial charge in [0.1, 0.15) is 0 Å². The SMILES string of the molecule is C=CCN(CC=C)c1ncc(C(=O)O)cn1. The molecule has 0 saturated heterocycles. The van der Waals surface area contributed by atoms with Crippen LogP contribution in [0.15, 0.2) is 37.7 Å². The maximum Gasteiger partial charge on any atom is 0.338 e. The summed E-state index contributed by atoms with van der Waals surface area (Å²) in [6, 6.07) is 0. The third kappa shape index (κ3) is 2.91. The first-order valence-electron chi connectivity index (χ1n) is 4.71. The Hall–Kier alpha value is -2.17. The molecule has 0 saturated carbocycles. The molecule has 5 nitrogen and oxygen atoms in total. The van der Waals surface area contributed by atoms with Gasteiger partial charge in [0.25, 0.3) is 0 Å². The van der Waals surface area contributed by atoms with Gasteiger partial charge in [-0.15, -0.1) is 13.2 Å². The molecule has 0 aromatic carbocycles. The van der Waals surface area contributed by atoms with Gasteiger partial charge in [-0.2, -0.15) is 0 Å². The van der Waals surface area contributed by atoms with Gasteiger partial charge in [0.15, 0.2) is 0 Å². The molecule has 16 heavy (non-hydrogen) atoms. The zero-order valence-electron chi connectivity index (χ0n) is 8.83. The average molecular weight is 219 g/mol. The second-order valence-electron chi connectivity index (χ2n) is 3.06. The van der Waals surface area contributed by atoms with Gasteiger partial charge in [-0.1, -0.05) is 12.2 Å². The second kappa shape index (κ2) is 5.65. The predicted octanol–water partition coefficient (Wildman–Crippen LogP) is 1.35. The van der Waals surface area contributed by atoms with Gasteiger partial charge < -0.3 is 10.0 Å². The molecule has 1 N–H and O–H groups in total. The number of nitrogens with zero attached hydrogens (tertiary/aromatic N) is 3. The number of carboxylic acid groups (broad SMARTS) is 1. The van der Waals surface area contributed by atoms with E-state index >= 15 is 0 Å². The number of aromatic nitrogens is 2. The number of aromatic carboxylic acids is 1. The smallest absolute Gasteiger partial charge is 0.338 e. The molecule has 0 aliphatic rings. The highest BCUT2D eigenvalue weighted by atomic mass is 16.4. The standard InChI is InChI=1S/C11H13N3O2/c1-3-5-14(6-4-2)11-12-7-9(8-13-11)10(15)16/h3-4,7-8H,1-2,5-6H2,(H,15,16). The van der Waals surface area contributed by atoms with Crippen LogP contribution in [-0.2, 0) is 0 Å². The second-order valence-corrected chi connectivity index (χ2v) is 3.06. The van der Waals surface area contributed by atoms with Crippen molar-refractivity contribution in [3.05, 3.63) is 43.3 Å². The molecule has 0 fully saturated rings. The number of hydrogen-bond donors (Lipinski definition) is 1. The van der Waals surface area contributed by atoms with Crippen molar-refractivity contribution in [2.45, 2.75) is 0 Å². The summed E-state index contributed by atoms with van der Waals surface area (Å²) >= 11 is 0. The van der Waals surface area contributed by atoms with Gasteiger partial charge in [0, 0.05) is 25.5 Å². The maximum atomic E-state index is 10.6. The van der Waals surface area contributed by atoms with E-state index < -0.39 is 5.97 Å². The van der Waals surface area contributed by atoms with E-state index in [1.165, 1.54) is 12.4 Å². The lowest BCUT2D eigenvalue weighted by Crippen LogP contribution is -2.25. The molecular formula is C11H13N3O2. The largest absolute Gasteiger partial charge is 0.478 e. The van der Waals surface area contributed by atoms with Crippen LogP contribution < -0.4 is 4.90 Å². The third-order valence-corrected chi connectivity index (χ3v) is 1.87. The van der Waals surface area contributed by atoms with Crippen LogP contribution in [0.5, 0.6) is 0 Å². The number of carboxylic acids is 1. The predicted molar refractivity (Wildman–Crippen MR) is 61.6 cm³/mol. The minimum atomic E-state index is -1.04. The molecule has 0 radical (unpaired) electrons. The highest BCUT2D eigenvalue weighted by Gasteiger charge is 2.08. The van der Waals surface area contributed by atoms with E-state index in [0.717, 1.165) is 0 Å². The number of carbonyl (C=O) groups is 1. The Labute approximate surface area is 93.8 Å². The molecule has 0 bridgehead atoms. The van der Waals surface area contributed by atoms with Gasteiger partial charge in [-0.25, -0.2) is 14.8 Å². The fourth-order valence-corrected chi connectivity index (χ4v) is 1.14. The Kier molecular flexibility index (Phi) is 4.20. The Morgan fingerprint density at radius 2 is 1.81 bits per heavy atom. The van der Waals surface area contributed by atoms with Crippen LogP contribution >= 0.6 is 0 Å². The van der Waals surface area contributed by atoms with Crippen molar-refractivity contribution in [1.29, 1.82) is 0 Å². The van der Waals surface area contributed by atoms with E-state index in [4.69, 9.17) is 5.11 Å². The molecule has 0 amide bonds. The van der Waals surface area contributed by atoms with E-state index in [0.29, 0.717) is 19.0 Å². The first-order valence-corrected chi connectivity index (χ1v) is 4.71. The molecule has 5 heteroatoms. The summed E-state index contributed by atoms with van der Waals surface area (Å²) in [5.74, 6) is -0.574. The van der Waals surface area contributed by atoms with Gasteiger partial charge in [-0.3, -0.25) is 0 Å². The molecule has 1 rings (SSSR count). The Balaban J connectivity index is 2.88. The van der Waals surface area contributed by atoms with Crippen molar-refractivity contribution in [2.75, 3.05) is 18.0 Å². The summed E-state index contributed by atoms with van der Waals surface area (Å²) in [5, 5.41) is 8.70. The summed E-state index contributed by atoms with van der Waals surface area (Å²) in [6.07, 6.45) is 6.00. The minimum absolute atomic E-state index is 0.0703. The summed E-state index contributed by atoms with van der Waals surface area (Å²) < 4.78 is 0. The van der Waals surface area contributed by atoms with Crippen molar-refractivity contribution >= 4 is 11.9 Å². The van der Waals surface area contributed by atoms with Gasteiger partial charge in [-0.05, 0) is 0 Å². The molecule has 0 aliphatic carbocycles. The van der Waals surface area contributed by atoms with Gasteiger partial charge in [0.2, 0.25) is 5.95 Å². The number of hydrogen-bond acceptors (Lipinski definition) is 4. The van der Waals surface area contributed by atoms with Crippen LogP contribution in [0.2, 0.25) is 0 Å². The molecule has 1 heterocycles. The Morgan fingerprint density at radius 1 is 1.31 bits per heavy atom. The van der Waals surface area contributed by atoms with Crippen LogP contribution in [-0.4, -0.2) is 34.1 Å².